The first-order valence-electron chi connectivity index (χ1n) is 7.67. The number of benzene rings is 1. The van der Waals surface area contributed by atoms with Gasteiger partial charge >= 0.3 is 0 Å². The van der Waals surface area contributed by atoms with Gasteiger partial charge in [-0.2, -0.15) is 0 Å². The van der Waals surface area contributed by atoms with Gasteiger partial charge in [0.15, 0.2) is 21.9 Å². The number of sulfone groups is 1. The molecule has 23 heavy (non-hydrogen) atoms. The fourth-order valence-corrected chi connectivity index (χ4v) is 5.06. The topological polar surface area (TPSA) is 69.7 Å². The average Bonchev–Trinajstić information content (AvgIpc) is 2.95. The fourth-order valence-electron chi connectivity index (χ4n) is 2.87. The summed E-state index contributed by atoms with van der Waals surface area (Å²) in [7, 11) is -2.35. The monoisotopic (exact) mass is 340 g/mol. The fraction of sp³-hybridized carbons (Fsp3) is 0.588. The highest BCUT2D eigenvalue weighted by molar-refractivity contribution is 7.92. The van der Waals surface area contributed by atoms with Crippen molar-refractivity contribution in [2.24, 2.45) is 11.3 Å². The summed E-state index contributed by atoms with van der Waals surface area (Å²) in [5.41, 5.74) is -0.770. The lowest BCUT2D eigenvalue weighted by molar-refractivity contribution is -0.134. The largest absolute Gasteiger partial charge is 0.356 e. The van der Waals surface area contributed by atoms with E-state index in [1.165, 1.54) is 19.2 Å². The zero-order valence-electron chi connectivity index (χ0n) is 14.0. The van der Waals surface area contributed by atoms with Crippen LogP contribution in [-0.2, 0) is 24.1 Å². The maximum Gasteiger partial charge on any atom is 0.188 e. The second-order valence-electron chi connectivity index (χ2n) is 6.82. The Kier molecular flexibility index (Phi) is 5.28. The van der Waals surface area contributed by atoms with Gasteiger partial charge in [-0.15, -0.1) is 0 Å². The van der Waals surface area contributed by atoms with Crippen molar-refractivity contribution in [1.82, 2.24) is 0 Å². The summed E-state index contributed by atoms with van der Waals surface area (Å²) in [6.45, 7) is 5.60. The highest BCUT2D eigenvalue weighted by Crippen LogP contribution is 2.36. The van der Waals surface area contributed by atoms with Gasteiger partial charge in [-0.1, -0.05) is 39.0 Å². The highest BCUT2D eigenvalue weighted by atomic mass is 32.2. The number of ether oxygens (including phenoxy) is 2. The second kappa shape index (κ2) is 6.71. The first-order valence-corrected chi connectivity index (χ1v) is 9.22. The summed E-state index contributed by atoms with van der Waals surface area (Å²) >= 11 is 0. The molecule has 1 saturated heterocycles. The first-order chi connectivity index (χ1) is 10.7. The molecule has 0 aliphatic carbocycles. The smallest absolute Gasteiger partial charge is 0.188 e. The maximum atomic E-state index is 13.1. The third kappa shape index (κ3) is 3.65. The Bertz CT molecular complexity index is 645. The van der Waals surface area contributed by atoms with Crippen LogP contribution in [0.1, 0.15) is 27.2 Å². The molecule has 1 heterocycles. The van der Waals surface area contributed by atoms with Gasteiger partial charge < -0.3 is 9.47 Å². The number of rotatable bonds is 5. The number of Topliss-reactive ketones (excluding diaryl/α,β-unsaturated/α-hetero) is 1. The first kappa shape index (κ1) is 18.1. The van der Waals surface area contributed by atoms with Crippen molar-refractivity contribution in [3.8, 4) is 0 Å². The summed E-state index contributed by atoms with van der Waals surface area (Å²) in [5, 5.41) is -1.17. The molecule has 1 fully saturated rings. The van der Waals surface area contributed by atoms with Crippen LogP contribution in [0.3, 0.4) is 0 Å². The molecule has 0 aromatic heterocycles. The normalized spacial score (nSPS) is 23.7. The third-order valence-electron chi connectivity index (χ3n) is 4.11. The van der Waals surface area contributed by atoms with Gasteiger partial charge in [0.2, 0.25) is 0 Å². The lowest BCUT2D eigenvalue weighted by Crippen LogP contribution is -2.46. The molecule has 3 atom stereocenters. The zero-order valence-corrected chi connectivity index (χ0v) is 14.8. The summed E-state index contributed by atoms with van der Waals surface area (Å²) in [4.78, 5) is 13.1. The number of carbonyl (C=O) groups excluding carboxylic acids is 1. The molecule has 0 amide bonds. The number of hydrogen-bond acceptors (Lipinski definition) is 5. The van der Waals surface area contributed by atoms with E-state index in [2.05, 4.69) is 0 Å². The van der Waals surface area contributed by atoms with E-state index >= 15 is 0 Å². The van der Waals surface area contributed by atoms with E-state index in [1.54, 1.807) is 39.0 Å². The van der Waals surface area contributed by atoms with Crippen LogP contribution in [0.15, 0.2) is 35.2 Å². The van der Waals surface area contributed by atoms with E-state index in [9.17, 15) is 13.2 Å². The second-order valence-corrected chi connectivity index (χ2v) is 8.89. The Labute approximate surface area is 137 Å². The molecule has 1 aliphatic rings. The van der Waals surface area contributed by atoms with E-state index in [0.717, 1.165) is 0 Å². The number of carbonyl (C=O) groups is 1. The minimum Gasteiger partial charge on any atom is -0.356 e. The summed E-state index contributed by atoms with van der Waals surface area (Å²) in [6.07, 6.45) is -0.193. The molecule has 6 heteroatoms. The van der Waals surface area contributed by atoms with E-state index in [0.29, 0.717) is 13.0 Å². The van der Waals surface area contributed by atoms with Gasteiger partial charge in [-0.05, 0) is 18.6 Å². The molecule has 0 spiro atoms. The third-order valence-corrected chi connectivity index (χ3v) is 6.27. The van der Waals surface area contributed by atoms with Crippen molar-refractivity contribution in [3.05, 3.63) is 30.3 Å². The van der Waals surface area contributed by atoms with Gasteiger partial charge in [-0.3, -0.25) is 4.79 Å². The highest BCUT2D eigenvalue weighted by Gasteiger charge is 2.49. The van der Waals surface area contributed by atoms with E-state index in [-0.39, 0.29) is 10.7 Å². The SMILES string of the molecule is CO[C@H]1OCC[C@H]1[C@@H](C(=O)C(C)(C)C)S(=O)(=O)c1ccccc1. The van der Waals surface area contributed by atoms with Gasteiger partial charge in [0, 0.05) is 18.4 Å². The Morgan fingerprint density at radius 2 is 1.87 bits per heavy atom. The standard InChI is InChI=1S/C17H24O5S/c1-17(2,3)15(18)14(13-10-11-22-16(13)21-4)23(19,20)12-8-6-5-7-9-12/h5-9,13-14,16H,10-11H2,1-4H3/t13-,14-,16-/m0/s1. The van der Waals surface area contributed by atoms with E-state index in [4.69, 9.17) is 9.47 Å². The zero-order chi connectivity index (χ0) is 17.3. The van der Waals surface area contributed by atoms with Crippen molar-refractivity contribution in [2.75, 3.05) is 13.7 Å². The van der Waals surface area contributed by atoms with Gasteiger partial charge in [0.05, 0.1) is 11.5 Å². The molecule has 0 unspecified atom stereocenters. The summed E-state index contributed by atoms with van der Waals surface area (Å²) < 4.78 is 37.0. The average molecular weight is 340 g/mol. The van der Waals surface area contributed by atoms with Gasteiger partial charge in [0.1, 0.15) is 5.25 Å². The lowest BCUT2D eigenvalue weighted by Gasteiger charge is -2.30. The van der Waals surface area contributed by atoms with Crippen LogP contribution in [0, 0.1) is 11.3 Å². The Balaban J connectivity index is 2.52. The van der Waals surface area contributed by atoms with Gasteiger partial charge in [-0.25, -0.2) is 8.42 Å². The van der Waals surface area contributed by atoms with Gasteiger partial charge in [0.25, 0.3) is 0 Å². The predicted molar refractivity (Wildman–Crippen MR) is 86.7 cm³/mol. The molecule has 2 rings (SSSR count). The van der Waals surface area contributed by atoms with Crippen molar-refractivity contribution < 1.29 is 22.7 Å². The van der Waals surface area contributed by atoms with Crippen LogP contribution in [0.2, 0.25) is 0 Å². The minimum absolute atomic E-state index is 0.157. The van der Waals surface area contributed by atoms with E-state index < -0.39 is 32.7 Å². The number of hydrogen-bond donors (Lipinski definition) is 0. The Morgan fingerprint density at radius 1 is 1.26 bits per heavy atom. The Hall–Kier alpha value is -1.24. The van der Waals surface area contributed by atoms with Crippen LogP contribution >= 0.6 is 0 Å². The van der Waals surface area contributed by atoms with Crippen LogP contribution in [0.5, 0.6) is 0 Å². The van der Waals surface area contributed by atoms with E-state index in [1.807, 2.05) is 0 Å². The number of methoxy groups -OCH3 is 1. The quantitative estimate of drug-likeness (QED) is 0.823. The molecule has 0 bridgehead atoms. The minimum atomic E-state index is -3.82. The van der Waals surface area contributed by atoms with Crippen molar-refractivity contribution >= 4 is 15.6 Å². The van der Waals surface area contributed by atoms with Crippen molar-refractivity contribution in [2.45, 2.75) is 43.6 Å². The molecule has 1 aromatic carbocycles. The van der Waals surface area contributed by atoms with Crippen LogP contribution in [0.25, 0.3) is 0 Å². The molecular formula is C17H24O5S. The lowest BCUT2D eigenvalue weighted by atomic mass is 9.84. The summed E-state index contributed by atoms with van der Waals surface area (Å²) in [5.74, 6) is -0.809. The molecule has 0 radical (unpaired) electrons. The number of ketones is 1. The van der Waals surface area contributed by atoms with Crippen LogP contribution < -0.4 is 0 Å². The predicted octanol–water partition coefficient (Wildman–Crippen LogP) is 2.45. The molecule has 1 aromatic rings. The summed E-state index contributed by atoms with van der Waals surface area (Å²) in [6, 6.07) is 8.11. The molecule has 128 valence electrons. The van der Waals surface area contributed by atoms with Crippen LogP contribution in [0.4, 0.5) is 0 Å². The Morgan fingerprint density at radius 3 is 2.39 bits per heavy atom. The molecule has 1 aliphatic heterocycles. The van der Waals surface area contributed by atoms with Crippen molar-refractivity contribution in [1.29, 1.82) is 0 Å². The van der Waals surface area contributed by atoms with Crippen molar-refractivity contribution in [3.63, 3.8) is 0 Å². The van der Waals surface area contributed by atoms with Crippen LogP contribution in [-0.4, -0.2) is 39.5 Å². The molecule has 0 N–H and O–H groups in total. The molecular weight excluding hydrogens is 316 g/mol. The molecule has 5 nitrogen and oxygen atoms in total. The molecule has 0 saturated carbocycles. The maximum absolute atomic E-state index is 13.1.